The van der Waals surface area contributed by atoms with Crippen LogP contribution >= 0.6 is 0 Å². The summed E-state index contributed by atoms with van der Waals surface area (Å²) in [6.45, 7) is 3.80. The van der Waals surface area contributed by atoms with Gasteiger partial charge in [-0.15, -0.1) is 0 Å². The third-order valence-corrected chi connectivity index (χ3v) is 4.07. The summed E-state index contributed by atoms with van der Waals surface area (Å²) < 4.78 is 23.6. The van der Waals surface area contributed by atoms with Crippen LogP contribution in [0.15, 0.2) is 59.1 Å². The number of rotatable bonds is 5. The third-order valence-electron chi connectivity index (χ3n) is 4.07. The average Bonchev–Trinajstić information content (AvgIpc) is 3.00. The van der Waals surface area contributed by atoms with Crippen molar-refractivity contribution in [2.24, 2.45) is 0 Å². The minimum absolute atomic E-state index is 0.00741. The minimum Gasteiger partial charge on any atom is -0.456 e. The number of carbonyl (C=O) groups excluding carboxylic acids is 1. The summed E-state index contributed by atoms with van der Waals surface area (Å²) in [6.07, 6.45) is 3.11. The molecule has 0 spiro atoms. The lowest BCUT2D eigenvalue weighted by atomic mass is 10.1. The fraction of sp³-hybridized carbons (Fsp3) is 0.143. The molecule has 4 nitrogen and oxygen atoms in total. The van der Waals surface area contributed by atoms with Crippen LogP contribution in [0.25, 0.3) is 17.4 Å². The zero-order valence-corrected chi connectivity index (χ0v) is 14.5. The van der Waals surface area contributed by atoms with Gasteiger partial charge in [-0.25, -0.2) is 9.18 Å². The van der Waals surface area contributed by atoms with Gasteiger partial charge in [-0.05, 0) is 55.3 Å². The largest absolute Gasteiger partial charge is 0.456 e. The molecule has 0 saturated heterocycles. The number of esters is 1. The van der Waals surface area contributed by atoms with Crippen LogP contribution < -0.4 is 0 Å². The predicted octanol–water partition coefficient (Wildman–Crippen LogP) is 4.85. The van der Waals surface area contributed by atoms with Gasteiger partial charge in [0, 0.05) is 17.2 Å². The molecule has 1 heterocycles. The van der Waals surface area contributed by atoms with Gasteiger partial charge in [0.15, 0.2) is 5.76 Å². The Balaban J connectivity index is 1.64. The summed E-state index contributed by atoms with van der Waals surface area (Å²) in [5.74, 6) is -0.244. The van der Waals surface area contributed by atoms with Crippen LogP contribution in [-0.4, -0.2) is 11.1 Å². The molecule has 0 aliphatic carbocycles. The Bertz CT molecular complexity index is 942. The van der Waals surface area contributed by atoms with Gasteiger partial charge in [0.1, 0.15) is 18.1 Å². The lowest BCUT2D eigenvalue weighted by Crippen LogP contribution is -2.02. The number of carbonyl (C=O) groups is 1. The fourth-order valence-corrected chi connectivity index (χ4v) is 2.49. The minimum atomic E-state index is -0.459. The van der Waals surface area contributed by atoms with Gasteiger partial charge in [-0.2, -0.15) is 0 Å². The first-order chi connectivity index (χ1) is 12.5. The standard InChI is InChI=1S/C21H18FNO3/c1-14-5-3-4-6-16(14)9-12-20(24)25-13-19-15(2)21(26-23-19)17-7-10-18(22)11-8-17/h3-12H,13H2,1-2H3/b12-9+. The Morgan fingerprint density at radius 2 is 1.88 bits per heavy atom. The smallest absolute Gasteiger partial charge is 0.331 e. The average molecular weight is 351 g/mol. The molecule has 3 rings (SSSR count). The number of aryl methyl sites for hydroxylation is 1. The molecular formula is C21H18FNO3. The van der Waals surface area contributed by atoms with Gasteiger partial charge >= 0.3 is 5.97 Å². The Morgan fingerprint density at radius 3 is 2.62 bits per heavy atom. The third kappa shape index (κ3) is 4.06. The zero-order valence-electron chi connectivity index (χ0n) is 14.5. The van der Waals surface area contributed by atoms with Crippen LogP contribution in [0.5, 0.6) is 0 Å². The van der Waals surface area contributed by atoms with Gasteiger partial charge in [0.2, 0.25) is 0 Å². The normalized spacial score (nSPS) is 11.0. The highest BCUT2D eigenvalue weighted by atomic mass is 19.1. The number of hydrogen-bond acceptors (Lipinski definition) is 4. The van der Waals surface area contributed by atoms with Crippen molar-refractivity contribution in [1.29, 1.82) is 0 Å². The molecule has 3 aromatic rings. The molecular weight excluding hydrogens is 333 g/mol. The maximum atomic E-state index is 13.0. The number of hydrogen-bond donors (Lipinski definition) is 0. The van der Waals surface area contributed by atoms with Crippen LogP contribution in [0.3, 0.4) is 0 Å². The first-order valence-electron chi connectivity index (χ1n) is 8.16. The summed E-state index contributed by atoms with van der Waals surface area (Å²) in [7, 11) is 0. The number of ether oxygens (including phenoxy) is 1. The van der Waals surface area contributed by atoms with E-state index in [1.54, 1.807) is 18.2 Å². The summed E-state index contributed by atoms with van der Waals surface area (Å²) in [6, 6.07) is 13.7. The van der Waals surface area contributed by atoms with Crippen LogP contribution in [0.1, 0.15) is 22.4 Å². The summed E-state index contributed by atoms with van der Waals surface area (Å²) in [5, 5.41) is 3.95. The Labute approximate surface area is 150 Å². The molecule has 0 N–H and O–H groups in total. The van der Waals surface area contributed by atoms with Crippen molar-refractivity contribution in [3.63, 3.8) is 0 Å². The first kappa shape index (κ1) is 17.6. The molecule has 0 bridgehead atoms. The highest BCUT2D eigenvalue weighted by Crippen LogP contribution is 2.26. The second kappa shape index (κ2) is 7.78. The van der Waals surface area contributed by atoms with E-state index in [9.17, 15) is 9.18 Å². The first-order valence-corrected chi connectivity index (χ1v) is 8.16. The highest BCUT2D eigenvalue weighted by molar-refractivity contribution is 5.87. The summed E-state index contributed by atoms with van der Waals surface area (Å²) >= 11 is 0. The molecule has 0 amide bonds. The van der Waals surface area contributed by atoms with Crippen molar-refractivity contribution in [2.75, 3.05) is 0 Å². The number of aromatic nitrogens is 1. The van der Waals surface area contributed by atoms with E-state index in [-0.39, 0.29) is 12.4 Å². The van der Waals surface area contributed by atoms with Gasteiger partial charge in [0.05, 0.1) is 0 Å². The molecule has 26 heavy (non-hydrogen) atoms. The van der Waals surface area contributed by atoms with Crippen molar-refractivity contribution in [2.45, 2.75) is 20.5 Å². The molecule has 0 radical (unpaired) electrons. The Kier molecular flexibility index (Phi) is 5.27. The molecule has 2 aromatic carbocycles. The van der Waals surface area contributed by atoms with Crippen molar-refractivity contribution < 1.29 is 18.4 Å². The molecule has 0 aliphatic rings. The zero-order chi connectivity index (χ0) is 18.5. The second-order valence-corrected chi connectivity index (χ2v) is 5.89. The maximum Gasteiger partial charge on any atom is 0.331 e. The van der Waals surface area contributed by atoms with E-state index in [2.05, 4.69) is 5.16 Å². The van der Waals surface area contributed by atoms with E-state index >= 15 is 0 Å². The lowest BCUT2D eigenvalue weighted by molar-refractivity contribution is -0.139. The van der Waals surface area contributed by atoms with Crippen molar-refractivity contribution in [3.8, 4) is 11.3 Å². The number of halogens is 1. The molecule has 0 unspecified atom stereocenters. The lowest BCUT2D eigenvalue weighted by Gasteiger charge is -2.01. The fourth-order valence-electron chi connectivity index (χ4n) is 2.49. The molecule has 1 aromatic heterocycles. The predicted molar refractivity (Wildman–Crippen MR) is 96.6 cm³/mol. The molecule has 132 valence electrons. The van der Waals surface area contributed by atoms with Gasteiger partial charge in [0.25, 0.3) is 0 Å². The Morgan fingerprint density at radius 1 is 1.15 bits per heavy atom. The molecule has 0 fully saturated rings. The van der Waals surface area contributed by atoms with E-state index in [0.29, 0.717) is 17.0 Å². The SMILES string of the molecule is Cc1ccccc1/C=C/C(=O)OCc1noc(-c2ccc(F)cc2)c1C. The van der Waals surface area contributed by atoms with Crippen LogP contribution in [-0.2, 0) is 16.1 Å². The van der Waals surface area contributed by atoms with Crippen molar-refractivity contribution >= 4 is 12.0 Å². The van der Waals surface area contributed by atoms with E-state index < -0.39 is 5.97 Å². The molecule has 5 heteroatoms. The second-order valence-electron chi connectivity index (χ2n) is 5.89. The van der Waals surface area contributed by atoms with Gasteiger partial charge in [-0.1, -0.05) is 29.4 Å². The van der Waals surface area contributed by atoms with E-state index in [1.165, 1.54) is 18.2 Å². The summed E-state index contributed by atoms with van der Waals surface area (Å²) in [4.78, 5) is 11.9. The highest BCUT2D eigenvalue weighted by Gasteiger charge is 2.15. The van der Waals surface area contributed by atoms with Crippen molar-refractivity contribution in [3.05, 3.63) is 82.8 Å². The molecule has 0 saturated carbocycles. The van der Waals surface area contributed by atoms with Crippen LogP contribution in [0.2, 0.25) is 0 Å². The number of benzene rings is 2. The molecule has 0 atom stereocenters. The van der Waals surface area contributed by atoms with E-state index in [0.717, 1.165) is 16.7 Å². The van der Waals surface area contributed by atoms with Crippen LogP contribution in [0.4, 0.5) is 4.39 Å². The Hall–Kier alpha value is -3.21. The number of nitrogens with zero attached hydrogens (tertiary/aromatic N) is 1. The topological polar surface area (TPSA) is 52.3 Å². The summed E-state index contributed by atoms with van der Waals surface area (Å²) in [5.41, 5.74) is 4.04. The molecule has 0 aliphatic heterocycles. The van der Waals surface area contributed by atoms with E-state index in [4.69, 9.17) is 9.26 Å². The van der Waals surface area contributed by atoms with Crippen LogP contribution in [0, 0.1) is 19.7 Å². The monoisotopic (exact) mass is 351 g/mol. The maximum absolute atomic E-state index is 13.0. The van der Waals surface area contributed by atoms with E-state index in [1.807, 2.05) is 38.1 Å². The van der Waals surface area contributed by atoms with Gasteiger partial charge < -0.3 is 9.26 Å². The van der Waals surface area contributed by atoms with Gasteiger partial charge in [-0.3, -0.25) is 0 Å². The quantitative estimate of drug-likeness (QED) is 0.487. The van der Waals surface area contributed by atoms with Crippen molar-refractivity contribution in [1.82, 2.24) is 5.16 Å².